The number of aromatic nitrogens is 3. The number of nitro groups is 1. The van der Waals surface area contributed by atoms with E-state index in [-0.39, 0.29) is 17.3 Å². The number of alkyl halides is 3. The van der Waals surface area contributed by atoms with Crippen LogP contribution in [-0.4, -0.2) is 19.9 Å². The van der Waals surface area contributed by atoms with Crippen molar-refractivity contribution in [2.24, 2.45) is 0 Å². The third-order valence-corrected chi connectivity index (χ3v) is 4.60. The van der Waals surface area contributed by atoms with Crippen molar-refractivity contribution in [2.45, 2.75) is 13.1 Å². The minimum absolute atomic E-state index is 0.0764. The molecule has 2 N–H and O–H groups in total. The summed E-state index contributed by atoms with van der Waals surface area (Å²) in [5.74, 6) is -0.242. The van der Waals surface area contributed by atoms with Crippen molar-refractivity contribution >= 4 is 39.6 Å². The molecule has 0 radical (unpaired) electrons. The molecule has 0 amide bonds. The second-order valence-electron chi connectivity index (χ2n) is 6.83. The standard InChI is InChI=1S/C21H15F3N6O2/c1-12-5-10-15-16(27-12)3-2-4-17(15)29-20-18(30(31)32)19(25-11-26-20)28-14-8-6-13(7-9-14)21(22,23)24/h2-11H,1H3,(H2,25,26,28,29). The van der Waals surface area contributed by atoms with Gasteiger partial charge >= 0.3 is 11.9 Å². The molecule has 0 unspecified atom stereocenters. The molecule has 2 heterocycles. The van der Waals surface area contributed by atoms with Gasteiger partial charge in [-0.05, 0) is 55.5 Å². The lowest BCUT2D eigenvalue weighted by Crippen LogP contribution is -2.07. The van der Waals surface area contributed by atoms with E-state index in [1.54, 1.807) is 12.1 Å². The first-order valence-corrected chi connectivity index (χ1v) is 9.29. The zero-order valence-corrected chi connectivity index (χ0v) is 16.5. The lowest BCUT2D eigenvalue weighted by molar-refractivity contribution is -0.383. The number of nitrogens with one attached hydrogen (secondary N) is 2. The van der Waals surface area contributed by atoms with Crippen molar-refractivity contribution in [3.05, 3.63) is 82.3 Å². The van der Waals surface area contributed by atoms with Crippen molar-refractivity contribution in [3.8, 4) is 0 Å². The molecule has 4 rings (SSSR count). The number of aryl methyl sites for hydroxylation is 1. The summed E-state index contributed by atoms with van der Waals surface area (Å²) in [4.78, 5) is 23.5. The summed E-state index contributed by atoms with van der Waals surface area (Å²) in [6.45, 7) is 1.86. The highest BCUT2D eigenvalue weighted by Gasteiger charge is 2.30. The van der Waals surface area contributed by atoms with Gasteiger partial charge in [-0.25, -0.2) is 9.97 Å². The Morgan fingerprint density at radius 1 is 0.938 bits per heavy atom. The van der Waals surface area contributed by atoms with E-state index in [1.807, 2.05) is 25.1 Å². The number of nitrogens with zero attached hydrogens (tertiary/aromatic N) is 4. The molecule has 2 aromatic carbocycles. The molecule has 11 heteroatoms. The van der Waals surface area contributed by atoms with Gasteiger partial charge in [0, 0.05) is 22.5 Å². The summed E-state index contributed by atoms with van der Waals surface area (Å²) >= 11 is 0. The molecule has 0 aliphatic heterocycles. The van der Waals surface area contributed by atoms with E-state index in [9.17, 15) is 23.3 Å². The van der Waals surface area contributed by atoms with Crippen molar-refractivity contribution in [1.82, 2.24) is 15.0 Å². The lowest BCUT2D eigenvalue weighted by Gasteiger charge is -2.12. The maximum Gasteiger partial charge on any atom is 0.416 e. The molecule has 32 heavy (non-hydrogen) atoms. The van der Waals surface area contributed by atoms with Gasteiger partial charge in [0.05, 0.1) is 16.0 Å². The fourth-order valence-corrected chi connectivity index (χ4v) is 3.11. The fourth-order valence-electron chi connectivity index (χ4n) is 3.11. The minimum atomic E-state index is -4.48. The van der Waals surface area contributed by atoms with Crippen LogP contribution in [0.25, 0.3) is 10.9 Å². The van der Waals surface area contributed by atoms with E-state index < -0.39 is 22.4 Å². The first kappa shape index (κ1) is 21.0. The smallest absolute Gasteiger partial charge is 0.334 e. The molecule has 0 aliphatic carbocycles. The molecule has 0 spiro atoms. The number of hydrogen-bond donors (Lipinski definition) is 2. The van der Waals surface area contributed by atoms with Crippen LogP contribution in [0, 0.1) is 17.0 Å². The molecule has 0 aliphatic rings. The molecule has 0 saturated carbocycles. The molecular formula is C21H15F3N6O2. The number of rotatable bonds is 5. The maximum absolute atomic E-state index is 12.8. The van der Waals surface area contributed by atoms with Crippen molar-refractivity contribution in [1.29, 1.82) is 0 Å². The predicted molar refractivity (Wildman–Crippen MR) is 113 cm³/mol. The fraction of sp³-hybridized carbons (Fsp3) is 0.0952. The summed E-state index contributed by atoms with van der Waals surface area (Å²) < 4.78 is 38.3. The molecule has 162 valence electrons. The van der Waals surface area contributed by atoms with Gasteiger partial charge in [-0.15, -0.1) is 0 Å². The number of anilines is 4. The molecule has 0 atom stereocenters. The Balaban J connectivity index is 1.70. The van der Waals surface area contributed by atoms with Crippen molar-refractivity contribution in [3.63, 3.8) is 0 Å². The van der Waals surface area contributed by atoms with Gasteiger partial charge in [0.1, 0.15) is 6.33 Å². The Kier molecular flexibility index (Phi) is 5.31. The van der Waals surface area contributed by atoms with E-state index in [4.69, 9.17) is 0 Å². The Hall–Kier alpha value is -4.28. The molecule has 0 fully saturated rings. The van der Waals surface area contributed by atoms with E-state index in [2.05, 4.69) is 25.6 Å². The topological polar surface area (TPSA) is 106 Å². The zero-order valence-electron chi connectivity index (χ0n) is 16.5. The van der Waals surface area contributed by atoms with Crippen LogP contribution >= 0.6 is 0 Å². The van der Waals surface area contributed by atoms with Gasteiger partial charge in [0.15, 0.2) is 0 Å². The second-order valence-corrected chi connectivity index (χ2v) is 6.83. The van der Waals surface area contributed by atoms with Gasteiger partial charge in [0.2, 0.25) is 11.6 Å². The van der Waals surface area contributed by atoms with Gasteiger partial charge in [-0.3, -0.25) is 15.1 Å². The quantitative estimate of drug-likeness (QED) is 0.301. The van der Waals surface area contributed by atoms with Crippen molar-refractivity contribution < 1.29 is 18.1 Å². The Morgan fingerprint density at radius 2 is 1.62 bits per heavy atom. The highest BCUT2D eigenvalue weighted by Crippen LogP contribution is 2.35. The largest absolute Gasteiger partial charge is 0.416 e. The zero-order chi connectivity index (χ0) is 22.9. The van der Waals surface area contributed by atoms with Crippen LogP contribution in [0.2, 0.25) is 0 Å². The molecule has 0 bridgehead atoms. The van der Waals surface area contributed by atoms with Gasteiger partial charge < -0.3 is 10.6 Å². The number of pyridine rings is 1. The van der Waals surface area contributed by atoms with Crippen LogP contribution in [0.1, 0.15) is 11.3 Å². The third-order valence-electron chi connectivity index (χ3n) is 4.60. The van der Waals surface area contributed by atoms with Crippen LogP contribution in [0.4, 0.5) is 41.9 Å². The predicted octanol–water partition coefficient (Wildman–Crippen LogP) is 5.75. The Morgan fingerprint density at radius 3 is 2.28 bits per heavy atom. The average Bonchev–Trinajstić information content (AvgIpc) is 2.73. The maximum atomic E-state index is 12.8. The lowest BCUT2D eigenvalue weighted by atomic mass is 10.1. The number of fused-ring (bicyclic) bond motifs is 1. The Labute approximate surface area is 179 Å². The van der Waals surface area contributed by atoms with Gasteiger partial charge in [-0.2, -0.15) is 13.2 Å². The SMILES string of the molecule is Cc1ccc2c(Nc3ncnc(Nc4ccc(C(F)(F)F)cc4)c3[N+](=O)[O-])cccc2n1. The van der Waals surface area contributed by atoms with Gasteiger partial charge in [0.25, 0.3) is 0 Å². The second kappa shape index (κ2) is 8.10. The van der Waals surface area contributed by atoms with E-state index in [1.165, 1.54) is 12.1 Å². The van der Waals surface area contributed by atoms with Gasteiger partial charge in [-0.1, -0.05) is 6.07 Å². The highest BCUT2D eigenvalue weighted by molar-refractivity contribution is 5.94. The average molecular weight is 440 g/mol. The van der Waals surface area contributed by atoms with Crippen LogP contribution in [0.15, 0.2) is 60.9 Å². The summed E-state index contributed by atoms with van der Waals surface area (Å²) in [6.07, 6.45) is -3.36. The third kappa shape index (κ3) is 4.26. The molecule has 4 aromatic rings. The van der Waals surface area contributed by atoms with Crippen LogP contribution in [0.5, 0.6) is 0 Å². The van der Waals surface area contributed by atoms with E-state index >= 15 is 0 Å². The minimum Gasteiger partial charge on any atom is -0.334 e. The molecule has 0 saturated heterocycles. The first-order chi connectivity index (χ1) is 15.2. The summed E-state index contributed by atoms with van der Waals surface area (Å²) in [5, 5.41) is 18.2. The molecule has 8 nitrogen and oxygen atoms in total. The van der Waals surface area contributed by atoms with Crippen LogP contribution in [-0.2, 0) is 6.18 Å². The molecule has 2 aromatic heterocycles. The van der Waals surface area contributed by atoms with Crippen molar-refractivity contribution in [2.75, 3.05) is 10.6 Å². The Bertz CT molecular complexity index is 1310. The number of hydrogen-bond acceptors (Lipinski definition) is 7. The molecular weight excluding hydrogens is 425 g/mol. The normalized spacial score (nSPS) is 11.4. The monoisotopic (exact) mass is 440 g/mol. The van der Waals surface area contributed by atoms with Crippen LogP contribution in [0.3, 0.4) is 0 Å². The summed E-state index contributed by atoms with van der Waals surface area (Å²) in [5.41, 5.74) is 1.00. The van der Waals surface area contributed by atoms with Crippen LogP contribution < -0.4 is 10.6 Å². The number of benzene rings is 2. The highest BCUT2D eigenvalue weighted by atomic mass is 19.4. The number of halogens is 3. The van der Waals surface area contributed by atoms with E-state index in [0.717, 1.165) is 29.5 Å². The summed E-state index contributed by atoms with van der Waals surface area (Å²) in [6, 6.07) is 13.0. The summed E-state index contributed by atoms with van der Waals surface area (Å²) in [7, 11) is 0. The first-order valence-electron chi connectivity index (χ1n) is 9.29. The van der Waals surface area contributed by atoms with E-state index in [0.29, 0.717) is 11.2 Å².